The van der Waals surface area contributed by atoms with Crippen LogP contribution in [-0.2, 0) is 0 Å². The molecule has 1 aromatic heterocycles. The maximum absolute atomic E-state index is 9.97. The van der Waals surface area contributed by atoms with Crippen molar-refractivity contribution < 1.29 is 9.63 Å². The van der Waals surface area contributed by atoms with E-state index in [9.17, 15) is 5.11 Å². The highest BCUT2D eigenvalue weighted by atomic mass is 79.9. The van der Waals surface area contributed by atoms with E-state index in [2.05, 4.69) is 33.2 Å². The first-order valence-corrected chi connectivity index (χ1v) is 6.44. The lowest BCUT2D eigenvalue weighted by Crippen LogP contribution is -2.13. The molecule has 0 saturated carbocycles. The first kappa shape index (κ1) is 11.0. The van der Waals surface area contributed by atoms with E-state index >= 15 is 0 Å². The van der Waals surface area contributed by atoms with Crippen LogP contribution in [0.2, 0.25) is 0 Å². The Morgan fingerprint density at radius 2 is 2.00 bits per heavy atom. The molecule has 0 radical (unpaired) electrons. The summed E-state index contributed by atoms with van der Waals surface area (Å²) in [5, 5.41) is 13.9. The first-order chi connectivity index (χ1) is 8.27. The van der Waals surface area contributed by atoms with Crippen molar-refractivity contribution in [2.45, 2.75) is 24.9 Å². The van der Waals surface area contributed by atoms with Gasteiger partial charge in [-0.05, 0) is 34.3 Å². The number of fused-ring (bicyclic) bond motifs is 1. The average Bonchev–Trinajstić information content (AvgIpc) is 2.74. The molecule has 0 fully saturated rings. The molecule has 0 saturated heterocycles. The molecule has 1 N–H and O–H groups in total. The predicted octanol–water partition coefficient (Wildman–Crippen LogP) is 3.40. The molecule has 4 heteroatoms. The minimum Gasteiger partial charge on any atom is -0.388 e. The topological polar surface area (TPSA) is 46.3 Å². The normalized spacial score (nSPS) is 23.4. The number of rotatable bonds is 1. The molecule has 0 aliphatic heterocycles. The maximum Gasteiger partial charge on any atom is 0.155 e. The summed E-state index contributed by atoms with van der Waals surface area (Å²) in [4.78, 5) is 0. The monoisotopic (exact) mass is 293 g/mol. The molecule has 1 aliphatic rings. The zero-order valence-corrected chi connectivity index (χ0v) is 10.7. The van der Waals surface area contributed by atoms with E-state index in [1.54, 1.807) is 0 Å². The summed E-state index contributed by atoms with van der Waals surface area (Å²) in [5.41, 5.74) is 2.02. The summed E-state index contributed by atoms with van der Waals surface area (Å²) in [7, 11) is 0. The van der Waals surface area contributed by atoms with Gasteiger partial charge in [0.05, 0.1) is 11.7 Å². The van der Waals surface area contributed by atoms with Gasteiger partial charge in [-0.25, -0.2) is 0 Å². The van der Waals surface area contributed by atoms with Gasteiger partial charge in [-0.3, -0.25) is 0 Å². The largest absolute Gasteiger partial charge is 0.388 e. The molecular weight excluding hydrogens is 282 g/mol. The highest BCUT2D eigenvalue weighted by Gasteiger charge is 2.33. The van der Waals surface area contributed by atoms with Crippen molar-refractivity contribution in [3.63, 3.8) is 0 Å². The lowest BCUT2D eigenvalue weighted by molar-refractivity contribution is 0.147. The van der Waals surface area contributed by atoms with Gasteiger partial charge >= 0.3 is 0 Å². The van der Waals surface area contributed by atoms with E-state index in [1.807, 2.05) is 18.2 Å². The predicted molar refractivity (Wildman–Crippen MR) is 66.7 cm³/mol. The summed E-state index contributed by atoms with van der Waals surface area (Å²) < 4.78 is 5.99. The number of hydrogen-bond acceptors (Lipinski definition) is 3. The quantitative estimate of drug-likeness (QED) is 0.877. The third-order valence-electron chi connectivity index (χ3n) is 3.29. The van der Waals surface area contributed by atoms with Gasteiger partial charge in [0.1, 0.15) is 0 Å². The number of aromatic nitrogens is 1. The van der Waals surface area contributed by atoms with Crippen molar-refractivity contribution in [3.05, 3.63) is 51.8 Å². The average molecular weight is 294 g/mol. The van der Waals surface area contributed by atoms with Gasteiger partial charge < -0.3 is 9.63 Å². The second-order valence-electron chi connectivity index (χ2n) is 4.31. The Morgan fingerprint density at radius 3 is 2.76 bits per heavy atom. The van der Waals surface area contributed by atoms with Crippen molar-refractivity contribution in [3.8, 4) is 0 Å². The Balaban J connectivity index is 2.07. The van der Waals surface area contributed by atoms with Crippen LogP contribution in [-0.4, -0.2) is 10.3 Å². The fraction of sp³-hybridized carbons (Fsp3) is 0.308. The molecule has 17 heavy (non-hydrogen) atoms. The molecule has 0 bridgehead atoms. The fourth-order valence-electron chi connectivity index (χ4n) is 2.45. The van der Waals surface area contributed by atoms with Crippen LogP contribution >= 0.6 is 15.9 Å². The molecule has 88 valence electrons. The Bertz CT molecular complexity index is 523. The fourth-order valence-corrected chi connectivity index (χ4v) is 2.98. The van der Waals surface area contributed by atoms with Crippen LogP contribution in [0.3, 0.4) is 0 Å². The van der Waals surface area contributed by atoms with Crippen molar-refractivity contribution in [2.24, 2.45) is 0 Å². The van der Waals surface area contributed by atoms with E-state index < -0.39 is 6.10 Å². The van der Waals surface area contributed by atoms with Crippen molar-refractivity contribution in [1.82, 2.24) is 5.16 Å². The van der Waals surface area contributed by atoms with Gasteiger partial charge in [-0.1, -0.05) is 35.5 Å². The molecule has 2 atom stereocenters. The van der Waals surface area contributed by atoms with E-state index in [-0.39, 0.29) is 5.92 Å². The molecule has 2 aromatic rings. The van der Waals surface area contributed by atoms with Crippen LogP contribution in [0.25, 0.3) is 0 Å². The van der Waals surface area contributed by atoms with Gasteiger partial charge in [0.25, 0.3) is 0 Å². The van der Waals surface area contributed by atoms with Crippen LogP contribution < -0.4 is 0 Å². The Hall–Kier alpha value is -1.13. The number of aliphatic hydroxyl groups is 1. The number of nitrogens with zero attached hydrogens (tertiary/aromatic N) is 1. The van der Waals surface area contributed by atoms with Crippen molar-refractivity contribution in [2.75, 3.05) is 0 Å². The summed E-state index contributed by atoms with van der Waals surface area (Å²) >= 11 is 3.33. The Labute approximate surface area is 108 Å². The van der Waals surface area contributed by atoms with E-state index in [4.69, 9.17) is 4.52 Å². The molecule has 1 aromatic carbocycles. The lowest BCUT2D eigenvalue weighted by atomic mass is 9.82. The first-order valence-electron chi connectivity index (χ1n) is 5.65. The molecular formula is C13H12BrNO2. The Kier molecular flexibility index (Phi) is 2.76. The van der Waals surface area contributed by atoms with E-state index in [0.717, 1.165) is 24.2 Å². The molecule has 1 aliphatic carbocycles. The van der Waals surface area contributed by atoms with Crippen LogP contribution in [0.4, 0.5) is 0 Å². The van der Waals surface area contributed by atoms with Gasteiger partial charge in [0.15, 0.2) is 10.4 Å². The second kappa shape index (κ2) is 4.27. The lowest BCUT2D eigenvalue weighted by Gasteiger charge is -2.24. The molecule has 3 rings (SSSR count). The number of hydrogen-bond donors (Lipinski definition) is 1. The summed E-state index contributed by atoms with van der Waals surface area (Å²) in [5.74, 6) is 0.996. The van der Waals surface area contributed by atoms with Crippen molar-refractivity contribution in [1.29, 1.82) is 0 Å². The van der Waals surface area contributed by atoms with E-state index in [0.29, 0.717) is 4.60 Å². The molecule has 2 unspecified atom stereocenters. The van der Waals surface area contributed by atoms with Gasteiger partial charge in [0.2, 0.25) is 0 Å². The zero-order chi connectivity index (χ0) is 11.8. The SMILES string of the molecule is OC1CCC(c2ccccc2)c2onc(Br)c21. The van der Waals surface area contributed by atoms with Crippen LogP contribution in [0, 0.1) is 0 Å². The van der Waals surface area contributed by atoms with Gasteiger partial charge in [-0.15, -0.1) is 0 Å². The van der Waals surface area contributed by atoms with Crippen molar-refractivity contribution >= 4 is 15.9 Å². The minimum atomic E-state index is -0.467. The molecule has 0 amide bonds. The Morgan fingerprint density at radius 1 is 1.24 bits per heavy atom. The molecule has 3 nitrogen and oxygen atoms in total. The summed E-state index contributed by atoms with van der Waals surface area (Å²) in [6.07, 6.45) is 1.16. The highest BCUT2D eigenvalue weighted by molar-refractivity contribution is 9.10. The minimum absolute atomic E-state index is 0.202. The second-order valence-corrected chi connectivity index (χ2v) is 5.06. The zero-order valence-electron chi connectivity index (χ0n) is 9.14. The summed E-state index contributed by atoms with van der Waals surface area (Å²) in [6, 6.07) is 10.2. The number of benzene rings is 1. The van der Waals surface area contributed by atoms with Crippen LogP contribution in [0.15, 0.2) is 39.5 Å². The van der Waals surface area contributed by atoms with Crippen LogP contribution in [0.1, 0.15) is 41.8 Å². The third-order valence-corrected chi connectivity index (χ3v) is 3.86. The number of halogens is 1. The maximum atomic E-state index is 9.97. The smallest absolute Gasteiger partial charge is 0.155 e. The van der Waals surface area contributed by atoms with Gasteiger partial charge in [0, 0.05) is 5.92 Å². The summed E-state index contributed by atoms with van der Waals surface area (Å²) in [6.45, 7) is 0. The van der Waals surface area contributed by atoms with Gasteiger partial charge in [-0.2, -0.15) is 0 Å². The molecule has 0 spiro atoms. The third kappa shape index (κ3) is 1.81. The molecule has 1 heterocycles. The standard InChI is InChI=1S/C13H12BrNO2/c14-13-11-10(16)7-6-9(12(11)17-15-13)8-4-2-1-3-5-8/h1-5,9-10,16H,6-7H2. The van der Waals surface area contributed by atoms with E-state index in [1.165, 1.54) is 5.56 Å². The number of aliphatic hydroxyl groups excluding tert-OH is 1. The van der Waals surface area contributed by atoms with Crippen LogP contribution in [0.5, 0.6) is 0 Å². The highest BCUT2D eigenvalue weighted by Crippen LogP contribution is 2.43.